The van der Waals surface area contributed by atoms with Gasteiger partial charge in [0.15, 0.2) is 5.13 Å². The van der Waals surface area contributed by atoms with Crippen molar-refractivity contribution in [2.45, 2.75) is 51.7 Å². The standard InChI is InChI=1S/C28H31F3N4OS/c1-18-15-21(3-5-23(18)25-17-32-25)10-14-35(13-9-20-7-11-34(12-8-20)19(2)36)27-33-24-6-4-22(28(29,30)31)16-26(24)37-27/h3-6,15-17,20,25H,7-14H2,1-2H3. The molecule has 0 aliphatic carbocycles. The molecule has 0 N–H and O–H groups in total. The summed E-state index contributed by atoms with van der Waals surface area (Å²) in [5.41, 5.74) is 3.64. The predicted octanol–water partition coefficient (Wildman–Crippen LogP) is 6.45. The SMILES string of the molecule is CC(=O)N1CCC(CCN(CCc2ccc(C3C=N3)c(C)c2)c2nc3ccc(C(F)(F)F)cc3s2)CC1. The van der Waals surface area contributed by atoms with Gasteiger partial charge >= 0.3 is 6.18 Å². The van der Waals surface area contributed by atoms with E-state index in [1.807, 2.05) is 11.1 Å². The normalized spacial score (nSPS) is 18.0. The molecule has 196 valence electrons. The fraction of sp³-hybridized carbons (Fsp3) is 0.464. The van der Waals surface area contributed by atoms with Crippen molar-refractivity contribution in [3.8, 4) is 0 Å². The maximum absolute atomic E-state index is 13.2. The van der Waals surface area contributed by atoms with Crippen molar-refractivity contribution in [2.24, 2.45) is 10.9 Å². The van der Waals surface area contributed by atoms with Crippen LogP contribution in [0.4, 0.5) is 18.3 Å². The Morgan fingerprint density at radius 1 is 1.14 bits per heavy atom. The number of nitrogens with zero attached hydrogens (tertiary/aromatic N) is 4. The van der Waals surface area contributed by atoms with Crippen LogP contribution >= 0.6 is 11.3 Å². The first-order valence-electron chi connectivity index (χ1n) is 12.8. The molecule has 1 unspecified atom stereocenters. The van der Waals surface area contributed by atoms with Gasteiger partial charge in [-0.3, -0.25) is 9.79 Å². The Balaban J connectivity index is 1.31. The van der Waals surface area contributed by atoms with E-state index in [0.717, 1.165) is 63.1 Å². The highest BCUT2D eigenvalue weighted by Gasteiger charge is 2.31. The Bertz CT molecular complexity index is 1300. The third-order valence-corrected chi connectivity index (χ3v) is 8.54. The van der Waals surface area contributed by atoms with Crippen LogP contribution in [-0.2, 0) is 17.4 Å². The van der Waals surface area contributed by atoms with E-state index in [9.17, 15) is 18.0 Å². The lowest BCUT2D eigenvalue weighted by molar-refractivity contribution is -0.137. The summed E-state index contributed by atoms with van der Waals surface area (Å²) in [6.45, 7) is 6.82. The highest BCUT2D eigenvalue weighted by Crippen LogP contribution is 2.36. The number of benzene rings is 2. The molecule has 0 spiro atoms. The quantitative estimate of drug-likeness (QED) is 0.338. The maximum Gasteiger partial charge on any atom is 0.416 e. The van der Waals surface area contributed by atoms with Crippen molar-refractivity contribution in [2.75, 3.05) is 31.1 Å². The van der Waals surface area contributed by atoms with Gasteiger partial charge in [0.2, 0.25) is 5.91 Å². The van der Waals surface area contributed by atoms with Crippen molar-refractivity contribution < 1.29 is 18.0 Å². The first-order valence-corrected chi connectivity index (χ1v) is 13.6. The first kappa shape index (κ1) is 25.7. The van der Waals surface area contributed by atoms with E-state index >= 15 is 0 Å². The van der Waals surface area contributed by atoms with E-state index < -0.39 is 11.7 Å². The average Bonchev–Trinajstić information content (AvgIpc) is 3.61. The van der Waals surface area contributed by atoms with Crippen LogP contribution in [0.25, 0.3) is 10.2 Å². The van der Waals surface area contributed by atoms with Gasteiger partial charge in [0.1, 0.15) is 6.04 Å². The molecule has 0 bridgehead atoms. The molecule has 9 heteroatoms. The summed E-state index contributed by atoms with van der Waals surface area (Å²) >= 11 is 1.32. The first-order chi connectivity index (χ1) is 17.7. The van der Waals surface area contributed by atoms with E-state index in [1.54, 1.807) is 6.92 Å². The Morgan fingerprint density at radius 3 is 2.54 bits per heavy atom. The highest BCUT2D eigenvalue weighted by atomic mass is 32.1. The Kier molecular flexibility index (Phi) is 7.25. The van der Waals surface area contributed by atoms with E-state index in [1.165, 1.54) is 40.2 Å². The van der Waals surface area contributed by atoms with Gasteiger partial charge in [0.05, 0.1) is 15.8 Å². The molecule has 1 fully saturated rings. The zero-order valence-electron chi connectivity index (χ0n) is 21.1. The lowest BCUT2D eigenvalue weighted by atomic mass is 9.93. The number of amides is 1. The number of thiazole rings is 1. The zero-order chi connectivity index (χ0) is 26.2. The number of fused-ring (bicyclic) bond motifs is 1. The third kappa shape index (κ3) is 6.14. The minimum absolute atomic E-state index is 0.127. The number of carbonyl (C=O) groups excluding carboxylic acids is 1. The van der Waals surface area contributed by atoms with Crippen LogP contribution in [0.15, 0.2) is 41.4 Å². The van der Waals surface area contributed by atoms with Gasteiger partial charge in [-0.1, -0.05) is 29.5 Å². The molecule has 0 saturated carbocycles. The highest BCUT2D eigenvalue weighted by molar-refractivity contribution is 7.22. The van der Waals surface area contributed by atoms with Gasteiger partial charge in [-0.15, -0.1) is 0 Å². The minimum atomic E-state index is -4.37. The summed E-state index contributed by atoms with van der Waals surface area (Å²) in [6.07, 6.45) is 1.31. The largest absolute Gasteiger partial charge is 0.416 e. The van der Waals surface area contributed by atoms with Crippen LogP contribution in [0, 0.1) is 12.8 Å². The van der Waals surface area contributed by atoms with Gasteiger partial charge in [0.25, 0.3) is 0 Å². The van der Waals surface area contributed by atoms with E-state index in [2.05, 4.69) is 35.0 Å². The van der Waals surface area contributed by atoms with Gasteiger partial charge < -0.3 is 9.80 Å². The number of halogens is 3. The lowest BCUT2D eigenvalue weighted by Gasteiger charge is -2.32. The lowest BCUT2D eigenvalue weighted by Crippen LogP contribution is -2.38. The number of rotatable bonds is 8. The summed E-state index contributed by atoms with van der Waals surface area (Å²) in [5, 5.41) is 0.759. The van der Waals surface area contributed by atoms with Crippen molar-refractivity contribution in [1.82, 2.24) is 9.88 Å². The number of hydrogen-bond donors (Lipinski definition) is 0. The second-order valence-corrected chi connectivity index (χ2v) is 11.1. The van der Waals surface area contributed by atoms with Crippen molar-refractivity contribution in [3.63, 3.8) is 0 Å². The van der Waals surface area contributed by atoms with Gasteiger partial charge in [-0.25, -0.2) is 4.98 Å². The molecular weight excluding hydrogens is 497 g/mol. The molecule has 1 aromatic heterocycles. The summed E-state index contributed by atoms with van der Waals surface area (Å²) in [6, 6.07) is 10.5. The number of alkyl halides is 3. The Hall–Kier alpha value is -2.94. The molecule has 3 aromatic rings. The Labute approximate surface area is 219 Å². The smallest absolute Gasteiger partial charge is 0.348 e. The van der Waals surface area contributed by atoms with Gasteiger partial charge in [-0.2, -0.15) is 13.2 Å². The number of aryl methyl sites for hydroxylation is 1. The summed E-state index contributed by atoms with van der Waals surface area (Å²) in [4.78, 5) is 24.8. The van der Waals surface area contributed by atoms with Crippen LogP contribution < -0.4 is 4.90 Å². The molecular formula is C28H31F3N4OS. The molecule has 2 aromatic carbocycles. The van der Waals surface area contributed by atoms with E-state index in [-0.39, 0.29) is 11.9 Å². The van der Waals surface area contributed by atoms with Crippen molar-refractivity contribution in [1.29, 1.82) is 0 Å². The van der Waals surface area contributed by atoms with Crippen LogP contribution in [0.5, 0.6) is 0 Å². The summed E-state index contributed by atoms with van der Waals surface area (Å²) < 4.78 is 40.3. The molecule has 37 heavy (non-hydrogen) atoms. The second kappa shape index (κ2) is 10.4. The summed E-state index contributed by atoms with van der Waals surface area (Å²) in [7, 11) is 0. The number of carbonyl (C=O) groups is 1. The number of anilines is 1. The summed E-state index contributed by atoms with van der Waals surface area (Å²) in [5.74, 6) is 0.645. The van der Waals surface area contributed by atoms with Crippen LogP contribution in [0.1, 0.15) is 54.5 Å². The van der Waals surface area contributed by atoms with Crippen LogP contribution in [0.3, 0.4) is 0 Å². The number of aromatic nitrogens is 1. The number of piperidine rings is 1. The molecule has 1 atom stereocenters. The second-order valence-electron chi connectivity index (χ2n) is 10.1. The number of likely N-dealkylation sites (tertiary alicyclic amines) is 1. The molecule has 3 heterocycles. The maximum atomic E-state index is 13.2. The monoisotopic (exact) mass is 528 g/mol. The third-order valence-electron chi connectivity index (χ3n) is 7.46. The van der Waals surface area contributed by atoms with Crippen molar-refractivity contribution >= 4 is 38.8 Å². The molecule has 2 aliphatic rings. The fourth-order valence-corrected chi connectivity index (χ4v) is 6.15. The molecule has 2 aliphatic heterocycles. The van der Waals surface area contributed by atoms with Crippen LogP contribution in [0.2, 0.25) is 0 Å². The Morgan fingerprint density at radius 2 is 1.89 bits per heavy atom. The number of hydrogen-bond acceptors (Lipinski definition) is 5. The topological polar surface area (TPSA) is 48.8 Å². The van der Waals surface area contributed by atoms with Gasteiger partial charge in [-0.05, 0) is 73.4 Å². The molecule has 0 radical (unpaired) electrons. The van der Waals surface area contributed by atoms with Gasteiger partial charge in [0, 0.05) is 39.3 Å². The van der Waals surface area contributed by atoms with E-state index in [0.29, 0.717) is 16.1 Å². The molecule has 1 amide bonds. The molecule has 5 rings (SSSR count). The van der Waals surface area contributed by atoms with Crippen LogP contribution in [-0.4, -0.2) is 48.2 Å². The average molecular weight is 529 g/mol. The predicted molar refractivity (Wildman–Crippen MR) is 143 cm³/mol. The minimum Gasteiger partial charge on any atom is -0.348 e. The fourth-order valence-electron chi connectivity index (χ4n) is 5.09. The van der Waals surface area contributed by atoms with E-state index in [4.69, 9.17) is 4.98 Å². The number of aliphatic imine (C=N–C) groups is 1. The molecule has 1 saturated heterocycles. The zero-order valence-corrected chi connectivity index (χ0v) is 21.9. The molecule has 5 nitrogen and oxygen atoms in total. The van der Waals surface area contributed by atoms with Crippen molar-refractivity contribution in [3.05, 3.63) is 58.7 Å².